The minimum atomic E-state index is -0.0930. The Kier molecular flexibility index (Phi) is 4.20. The molecule has 2 N–H and O–H groups in total. The molecule has 1 aromatic carbocycles. The first kappa shape index (κ1) is 12.9. The maximum atomic E-state index is 11.4. The van der Waals surface area contributed by atoms with Gasteiger partial charge in [0.1, 0.15) is 0 Å². The van der Waals surface area contributed by atoms with Crippen LogP contribution in [-0.2, 0) is 6.42 Å². The third-order valence-corrected chi connectivity index (χ3v) is 3.81. The molecule has 0 spiro atoms. The molecule has 0 bridgehead atoms. The number of fused-ring (bicyclic) bond motifs is 1. The Morgan fingerprint density at radius 3 is 2.94 bits per heavy atom. The molecule has 0 radical (unpaired) electrons. The Morgan fingerprint density at radius 2 is 2.17 bits per heavy atom. The summed E-state index contributed by atoms with van der Waals surface area (Å²) in [5.41, 5.74) is 1.31. The van der Waals surface area contributed by atoms with E-state index in [-0.39, 0.29) is 12.1 Å². The van der Waals surface area contributed by atoms with Gasteiger partial charge in [0.15, 0.2) is 0 Å². The molecule has 1 atom stereocenters. The van der Waals surface area contributed by atoms with E-state index in [1.165, 1.54) is 15.6 Å². The fourth-order valence-electron chi connectivity index (χ4n) is 2.01. The van der Waals surface area contributed by atoms with Crippen LogP contribution in [0, 0.1) is 0 Å². The number of carbonyl (C=O) groups excluding carboxylic acids is 1. The minimum absolute atomic E-state index is 0.0930. The van der Waals surface area contributed by atoms with Crippen LogP contribution in [0.1, 0.15) is 19.4 Å². The third kappa shape index (κ3) is 3.01. The fraction of sp³-hybridized carbons (Fsp3) is 0.357. The Hall–Kier alpha value is -1.55. The molecule has 0 saturated heterocycles. The van der Waals surface area contributed by atoms with Crippen LogP contribution in [0.2, 0.25) is 0 Å². The maximum Gasteiger partial charge on any atom is 0.314 e. The maximum absolute atomic E-state index is 11.4. The molecule has 96 valence electrons. The smallest absolute Gasteiger partial charge is 0.314 e. The second-order valence-corrected chi connectivity index (χ2v) is 5.28. The SMILES string of the molecule is CCNC(=O)NC(C)Cc1csc2ccccc12. The third-order valence-electron chi connectivity index (χ3n) is 2.80. The summed E-state index contributed by atoms with van der Waals surface area (Å²) in [6.45, 7) is 4.60. The van der Waals surface area contributed by atoms with Crippen molar-refractivity contribution in [3.63, 3.8) is 0 Å². The lowest BCUT2D eigenvalue weighted by atomic mass is 10.1. The topological polar surface area (TPSA) is 41.1 Å². The predicted molar refractivity (Wildman–Crippen MR) is 77.2 cm³/mol. The van der Waals surface area contributed by atoms with Gasteiger partial charge in [-0.1, -0.05) is 18.2 Å². The zero-order valence-corrected chi connectivity index (χ0v) is 11.5. The van der Waals surface area contributed by atoms with Crippen molar-refractivity contribution in [3.05, 3.63) is 35.2 Å². The van der Waals surface area contributed by atoms with Gasteiger partial charge in [-0.25, -0.2) is 4.79 Å². The van der Waals surface area contributed by atoms with Gasteiger partial charge in [0.25, 0.3) is 0 Å². The van der Waals surface area contributed by atoms with E-state index in [1.54, 1.807) is 11.3 Å². The van der Waals surface area contributed by atoms with E-state index in [4.69, 9.17) is 0 Å². The lowest BCUT2D eigenvalue weighted by molar-refractivity contribution is 0.238. The molecule has 0 saturated carbocycles. The molecule has 3 nitrogen and oxygen atoms in total. The summed E-state index contributed by atoms with van der Waals surface area (Å²) in [5.74, 6) is 0. The number of carbonyl (C=O) groups is 1. The lowest BCUT2D eigenvalue weighted by Gasteiger charge is -2.13. The molecule has 0 aliphatic carbocycles. The van der Waals surface area contributed by atoms with E-state index in [2.05, 4.69) is 40.3 Å². The zero-order valence-electron chi connectivity index (χ0n) is 10.7. The average Bonchev–Trinajstić information content (AvgIpc) is 2.73. The van der Waals surface area contributed by atoms with Gasteiger partial charge < -0.3 is 10.6 Å². The van der Waals surface area contributed by atoms with E-state index in [1.807, 2.05) is 13.8 Å². The van der Waals surface area contributed by atoms with Gasteiger partial charge in [-0.15, -0.1) is 11.3 Å². The number of amides is 2. The molecule has 0 aliphatic heterocycles. The highest BCUT2D eigenvalue weighted by atomic mass is 32.1. The Morgan fingerprint density at radius 1 is 1.39 bits per heavy atom. The predicted octanol–water partition coefficient (Wildman–Crippen LogP) is 3.15. The lowest BCUT2D eigenvalue weighted by Crippen LogP contribution is -2.41. The van der Waals surface area contributed by atoms with Crippen LogP contribution in [-0.4, -0.2) is 18.6 Å². The van der Waals surface area contributed by atoms with E-state index >= 15 is 0 Å². The van der Waals surface area contributed by atoms with E-state index in [0.717, 1.165) is 6.42 Å². The summed E-state index contributed by atoms with van der Waals surface area (Å²) >= 11 is 1.76. The van der Waals surface area contributed by atoms with Crippen LogP contribution in [0.5, 0.6) is 0 Å². The van der Waals surface area contributed by atoms with Crippen molar-refractivity contribution >= 4 is 27.5 Å². The summed E-state index contributed by atoms with van der Waals surface area (Å²) in [6.07, 6.45) is 0.862. The van der Waals surface area contributed by atoms with Crippen molar-refractivity contribution in [2.45, 2.75) is 26.3 Å². The number of rotatable bonds is 4. The molecule has 2 amide bonds. The van der Waals surface area contributed by atoms with E-state index < -0.39 is 0 Å². The van der Waals surface area contributed by atoms with E-state index in [9.17, 15) is 4.79 Å². The summed E-state index contributed by atoms with van der Waals surface area (Å²) in [5, 5.41) is 9.16. The zero-order chi connectivity index (χ0) is 13.0. The highest BCUT2D eigenvalue weighted by Crippen LogP contribution is 2.26. The number of nitrogens with one attached hydrogen (secondary N) is 2. The second-order valence-electron chi connectivity index (χ2n) is 4.37. The fourth-order valence-corrected chi connectivity index (χ4v) is 2.98. The van der Waals surface area contributed by atoms with Crippen molar-refractivity contribution < 1.29 is 4.79 Å². The van der Waals surface area contributed by atoms with Crippen molar-refractivity contribution in [3.8, 4) is 0 Å². The van der Waals surface area contributed by atoms with Gasteiger partial charge in [-0.05, 0) is 42.7 Å². The first-order valence-corrected chi connectivity index (χ1v) is 7.08. The highest BCUT2D eigenvalue weighted by Gasteiger charge is 2.10. The molecule has 18 heavy (non-hydrogen) atoms. The average molecular weight is 262 g/mol. The molecule has 0 fully saturated rings. The molecule has 2 rings (SSSR count). The quantitative estimate of drug-likeness (QED) is 0.873. The van der Waals surface area contributed by atoms with Crippen LogP contribution in [0.3, 0.4) is 0 Å². The van der Waals surface area contributed by atoms with Gasteiger partial charge >= 0.3 is 6.03 Å². The van der Waals surface area contributed by atoms with Crippen molar-refractivity contribution in [1.82, 2.24) is 10.6 Å². The number of hydrogen-bond donors (Lipinski definition) is 2. The summed E-state index contributed by atoms with van der Waals surface area (Å²) in [7, 11) is 0. The molecule has 2 aromatic rings. The second kappa shape index (κ2) is 5.87. The molecular formula is C14H18N2OS. The van der Waals surface area contributed by atoms with E-state index in [0.29, 0.717) is 6.54 Å². The van der Waals surface area contributed by atoms with Crippen molar-refractivity contribution in [1.29, 1.82) is 0 Å². The van der Waals surface area contributed by atoms with Gasteiger partial charge in [0, 0.05) is 17.3 Å². The summed E-state index contributed by atoms with van der Waals surface area (Å²) in [6, 6.07) is 8.42. The monoisotopic (exact) mass is 262 g/mol. The number of thiophene rings is 1. The van der Waals surface area contributed by atoms with Gasteiger partial charge in [0.05, 0.1) is 0 Å². The van der Waals surface area contributed by atoms with Crippen LogP contribution >= 0.6 is 11.3 Å². The highest BCUT2D eigenvalue weighted by molar-refractivity contribution is 7.17. The Bertz CT molecular complexity index is 535. The molecule has 1 aromatic heterocycles. The first-order valence-electron chi connectivity index (χ1n) is 6.20. The normalized spacial score (nSPS) is 12.3. The van der Waals surface area contributed by atoms with Crippen molar-refractivity contribution in [2.75, 3.05) is 6.54 Å². The van der Waals surface area contributed by atoms with Crippen molar-refractivity contribution in [2.24, 2.45) is 0 Å². The molecule has 0 aliphatic rings. The van der Waals surface area contributed by atoms with Gasteiger partial charge in [-0.2, -0.15) is 0 Å². The van der Waals surface area contributed by atoms with Crippen LogP contribution in [0.25, 0.3) is 10.1 Å². The molecule has 1 heterocycles. The van der Waals surface area contributed by atoms with Crippen LogP contribution in [0.4, 0.5) is 4.79 Å². The van der Waals surface area contributed by atoms with Gasteiger partial charge in [0.2, 0.25) is 0 Å². The minimum Gasteiger partial charge on any atom is -0.338 e. The van der Waals surface area contributed by atoms with Gasteiger partial charge in [-0.3, -0.25) is 0 Å². The summed E-state index contributed by atoms with van der Waals surface area (Å²) < 4.78 is 1.30. The molecular weight excluding hydrogens is 244 g/mol. The molecule has 1 unspecified atom stereocenters. The van der Waals surface area contributed by atoms with Crippen LogP contribution in [0.15, 0.2) is 29.6 Å². The Balaban J connectivity index is 2.03. The number of urea groups is 1. The first-order chi connectivity index (χ1) is 8.70. The largest absolute Gasteiger partial charge is 0.338 e. The Labute approximate surface area is 111 Å². The number of hydrogen-bond acceptors (Lipinski definition) is 2. The molecule has 4 heteroatoms. The number of benzene rings is 1. The standard InChI is InChI=1S/C14H18N2OS/c1-3-15-14(17)16-10(2)8-11-9-18-13-7-5-4-6-12(11)13/h4-7,9-10H,3,8H2,1-2H3,(H2,15,16,17). The van der Waals surface area contributed by atoms with Crippen LogP contribution < -0.4 is 10.6 Å². The summed E-state index contributed by atoms with van der Waals surface area (Å²) in [4.78, 5) is 11.4.